The Morgan fingerprint density at radius 1 is 0.800 bits per heavy atom. The number of nitrogens with one attached hydrogen (secondary N) is 2. The summed E-state index contributed by atoms with van der Waals surface area (Å²) in [5.74, 6) is 0.725. The highest BCUT2D eigenvalue weighted by molar-refractivity contribution is 4.77. The smallest absolute Gasteiger partial charge is 0.00966 e. The zero-order valence-electron chi connectivity index (χ0n) is 11.7. The topological polar surface area (TPSA) is 24.1 Å². The molecule has 0 radical (unpaired) electrons. The molecule has 0 heterocycles. The molecular formula is C13H30N2. The molecule has 15 heavy (non-hydrogen) atoms. The van der Waals surface area contributed by atoms with Gasteiger partial charge in [-0.15, -0.1) is 0 Å². The van der Waals surface area contributed by atoms with Crippen LogP contribution in [-0.2, 0) is 0 Å². The Labute approximate surface area is 96.2 Å². The van der Waals surface area contributed by atoms with Gasteiger partial charge in [-0.25, -0.2) is 0 Å². The highest BCUT2D eigenvalue weighted by Gasteiger charge is 2.15. The Bertz CT molecular complexity index is 144. The van der Waals surface area contributed by atoms with Gasteiger partial charge in [0.25, 0.3) is 0 Å². The van der Waals surface area contributed by atoms with Gasteiger partial charge < -0.3 is 10.6 Å². The summed E-state index contributed by atoms with van der Waals surface area (Å²) in [7, 11) is 0. The molecule has 2 heteroatoms. The highest BCUT2D eigenvalue weighted by Crippen LogP contribution is 2.07. The minimum Gasteiger partial charge on any atom is -0.312 e. The van der Waals surface area contributed by atoms with Gasteiger partial charge in [0.1, 0.15) is 0 Å². The van der Waals surface area contributed by atoms with Crippen LogP contribution in [0, 0.1) is 5.92 Å². The van der Waals surface area contributed by atoms with Gasteiger partial charge in [-0.3, -0.25) is 0 Å². The largest absolute Gasteiger partial charge is 0.312 e. The van der Waals surface area contributed by atoms with E-state index in [4.69, 9.17) is 0 Å². The van der Waals surface area contributed by atoms with E-state index in [0.29, 0.717) is 0 Å². The molecule has 0 unspecified atom stereocenters. The second-order valence-electron chi connectivity index (χ2n) is 6.54. The van der Waals surface area contributed by atoms with Crippen LogP contribution in [0.4, 0.5) is 0 Å². The van der Waals surface area contributed by atoms with Gasteiger partial charge in [0.15, 0.2) is 0 Å². The van der Waals surface area contributed by atoms with E-state index in [-0.39, 0.29) is 11.1 Å². The highest BCUT2D eigenvalue weighted by atomic mass is 15.0. The van der Waals surface area contributed by atoms with Crippen molar-refractivity contribution in [2.75, 3.05) is 13.1 Å². The van der Waals surface area contributed by atoms with E-state index in [9.17, 15) is 0 Å². The quantitative estimate of drug-likeness (QED) is 0.735. The van der Waals surface area contributed by atoms with Crippen molar-refractivity contribution in [3.05, 3.63) is 0 Å². The lowest BCUT2D eigenvalue weighted by Crippen LogP contribution is -2.44. The average Bonchev–Trinajstić information content (AvgIpc) is 2.00. The van der Waals surface area contributed by atoms with E-state index in [0.717, 1.165) is 19.0 Å². The molecule has 0 bridgehead atoms. The van der Waals surface area contributed by atoms with Gasteiger partial charge in [0.2, 0.25) is 0 Å². The molecule has 0 rings (SSSR count). The van der Waals surface area contributed by atoms with Crippen LogP contribution in [0.3, 0.4) is 0 Å². The summed E-state index contributed by atoms with van der Waals surface area (Å²) in [4.78, 5) is 0. The molecular weight excluding hydrogens is 184 g/mol. The van der Waals surface area contributed by atoms with Gasteiger partial charge in [-0.1, -0.05) is 13.3 Å². The summed E-state index contributed by atoms with van der Waals surface area (Å²) < 4.78 is 0. The van der Waals surface area contributed by atoms with Crippen LogP contribution >= 0.6 is 0 Å². The van der Waals surface area contributed by atoms with Crippen molar-refractivity contribution < 1.29 is 0 Å². The van der Waals surface area contributed by atoms with Crippen LogP contribution in [0.1, 0.15) is 54.9 Å². The second-order valence-corrected chi connectivity index (χ2v) is 6.54. The molecule has 0 fully saturated rings. The maximum absolute atomic E-state index is 3.57. The second kappa shape index (κ2) is 5.86. The third-order valence-corrected chi connectivity index (χ3v) is 2.42. The zero-order valence-corrected chi connectivity index (χ0v) is 11.7. The van der Waals surface area contributed by atoms with Crippen LogP contribution < -0.4 is 10.6 Å². The van der Waals surface area contributed by atoms with Crippen LogP contribution in [-0.4, -0.2) is 24.2 Å². The molecule has 0 aliphatic rings. The van der Waals surface area contributed by atoms with E-state index >= 15 is 0 Å². The van der Waals surface area contributed by atoms with Crippen molar-refractivity contribution in [1.29, 1.82) is 0 Å². The van der Waals surface area contributed by atoms with Crippen molar-refractivity contribution >= 4 is 0 Å². The summed E-state index contributed by atoms with van der Waals surface area (Å²) in [6, 6.07) is 0. The van der Waals surface area contributed by atoms with Gasteiger partial charge in [-0.05, 0) is 60.5 Å². The number of hydrogen-bond acceptors (Lipinski definition) is 2. The first-order valence-electron chi connectivity index (χ1n) is 6.14. The lowest BCUT2D eigenvalue weighted by Gasteiger charge is -2.28. The predicted octanol–water partition coefficient (Wildman–Crippen LogP) is 2.79. The molecule has 2 nitrogen and oxygen atoms in total. The summed E-state index contributed by atoms with van der Waals surface area (Å²) >= 11 is 0. The lowest BCUT2D eigenvalue weighted by atomic mass is 10.0. The lowest BCUT2D eigenvalue weighted by molar-refractivity contribution is 0.322. The first kappa shape index (κ1) is 14.9. The molecule has 92 valence electrons. The molecule has 0 aliphatic heterocycles. The van der Waals surface area contributed by atoms with Crippen molar-refractivity contribution in [2.45, 2.75) is 66.0 Å². The van der Waals surface area contributed by atoms with E-state index < -0.39 is 0 Å². The molecule has 0 aromatic carbocycles. The Hall–Kier alpha value is -0.0800. The maximum atomic E-state index is 3.57. The fourth-order valence-electron chi connectivity index (χ4n) is 1.26. The third-order valence-electron chi connectivity index (χ3n) is 2.42. The van der Waals surface area contributed by atoms with Crippen molar-refractivity contribution in [3.63, 3.8) is 0 Å². The molecule has 0 saturated heterocycles. The van der Waals surface area contributed by atoms with Crippen LogP contribution in [0.15, 0.2) is 0 Å². The Kier molecular flexibility index (Phi) is 5.82. The van der Waals surface area contributed by atoms with E-state index in [1.807, 2.05) is 0 Å². The van der Waals surface area contributed by atoms with Gasteiger partial charge in [0, 0.05) is 11.1 Å². The fraction of sp³-hybridized carbons (Fsp3) is 1.00. The minimum absolute atomic E-state index is 0.231. The average molecular weight is 214 g/mol. The first-order valence-corrected chi connectivity index (χ1v) is 6.14. The standard InChI is InChI=1S/C13H30N2/c1-8-11(9-14-12(2,3)4)10-15-13(5,6)7/h11,14-15H,8-10H2,1-7H3. The van der Waals surface area contributed by atoms with Crippen molar-refractivity contribution in [3.8, 4) is 0 Å². The first-order chi connectivity index (χ1) is 6.64. The summed E-state index contributed by atoms with van der Waals surface area (Å²) in [6.45, 7) is 17.8. The molecule has 0 aromatic rings. The number of rotatable bonds is 5. The summed E-state index contributed by atoms with van der Waals surface area (Å²) in [5.41, 5.74) is 0.463. The predicted molar refractivity (Wildman–Crippen MR) is 69.3 cm³/mol. The third kappa shape index (κ3) is 10.2. The molecule has 0 amide bonds. The van der Waals surface area contributed by atoms with E-state index in [2.05, 4.69) is 59.1 Å². The van der Waals surface area contributed by atoms with Crippen LogP contribution in [0.2, 0.25) is 0 Å². The molecule has 0 saturated carbocycles. The van der Waals surface area contributed by atoms with E-state index in [1.54, 1.807) is 0 Å². The fourth-order valence-corrected chi connectivity index (χ4v) is 1.26. The summed E-state index contributed by atoms with van der Waals surface area (Å²) in [5, 5.41) is 7.14. The summed E-state index contributed by atoms with van der Waals surface area (Å²) in [6.07, 6.45) is 1.23. The number of hydrogen-bond donors (Lipinski definition) is 2. The Morgan fingerprint density at radius 2 is 1.13 bits per heavy atom. The zero-order chi connectivity index (χ0) is 12.1. The monoisotopic (exact) mass is 214 g/mol. The SMILES string of the molecule is CCC(CNC(C)(C)C)CNC(C)(C)C. The molecule has 2 N–H and O–H groups in total. The Morgan fingerprint density at radius 3 is 1.33 bits per heavy atom. The van der Waals surface area contributed by atoms with E-state index in [1.165, 1.54) is 6.42 Å². The van der Waals surface area contributed by atoms with Gasteiger partial charge >= 0.3 is 0 Å². The molecule has 0 aromatic heterocycles. The molecule has 0 aliphatic carbocycles. The van der Waals surface area contributed by atoms with Crippen LogP contribution in [0.5, 0.6) is 0 Å². The maximum Gasteiger partial charge on any atom is 0.00966 e. The normalized spacial score (nSPS) is 13.6. The van der Waals surface area contributed by atoms with Gasteiger partial charge in [-0.2, -0.15) is 0 Å². The molecule has 0 spiro atoms. The molecule has 0 atom stereocenters. The van der Waals surface area contributed by atoms with Crippen molar-refractivity contribution in [2.24, 2.45) is 5.92 Å². The Balaban J connectivity index is 3.84. The van der Waals surface area contributed by atoms with Gasteiger partial charge in [0.05, 0.1) is 0 Å². The van der Waals surface area contributed by atoms with Crippen molar-refractivity contribution in [1.82, 2.24) is 10.6 Å². The van der Waals surface area contributed by atoms with Crippen LogP contribution in [0.25, 0.3) is 0 Å². The minimum atomic E-state index is 0.231.